The molecule has 3 nitrogen and oxygen atoms in total. The van der Waals surface area contributed by atoms with Crippen LogP contribution in [0.25, 0.3) is 0 Å². The molecule has 0 radical (unpaired) electrons. The minimum Gasteiger partial charge on any atom is -0.493 e. The lowest BCUT2D eigenvalue weighted by Gasteiger charge is -2.17. The Morgan fingerprint density at radius 3 is 3.18 bits per heavy atom. The third kappa shape index (κ3) is 3.72. The van der Waals surface area contributed by atoms with Crippen LogP contribution in [-0.2, 0) is 17.6 Å². The molecule has 0 bridgehead atoms. The summed E-state index contributed by atoms with van der Waals surface area (Å²) in [6.07, 6.45) is 3.26. The summed E-state index contributed by atoms with van der Waals surface area (Å²) in [6, 6.07) is 6.50. The lowest BCUT2D eigenvalue weighted by molar-refractivity contribution is 0.140. The minimum absolute atomic E-state index is 0.782. The summed E-state index contributed by atoms with van der Waals surface area (Å²) in [7, 11) is 1.94. The number of hydrogen-bond donors (Lipinski definition) is 1. The predicted molar refractivity (Wildman–Crippen MR) is 68.7 cm³/mol. The predicted octanol–water partition coefficient (Wildman–Crippen LogP) is 1.79. The van der Waals surface area contributed by atoms with E-state index < -0.39 is 0 Å². The number of fused-ring (bicyclic) bond motifs is 1. The number of rotatable bonds is 6. The second-order valence-corrected chi connectivity index (χ2v) is 4.36. The Hall–Kier alpha value is -1.06. The van der Waals surface area contributed by atoms with E-state index in [0.29, 0.717) is 0 Å². The Morgan fingerprint density at radius 2 is 2.29 bits per heavy atom. The number of hydrogen-bond acceptors (Lipinski definition) is 3. The van der Waals surface area contributed by atoms with Crippen LogP contribution in [-0.4, -0.2) is 33.4 Å². The first kappa shape index (κ1) is 12.4. The highest BCUT2D eigenvalue weighted by molar-refractivity contribution is 5.38. The molecule has 1 heterocycles. The number of likely N-dealkylation sites (N-methyl/N-ethyl adjacent to an activating group) is 1. The van der Waals surface area contributed by atoms with Gasteiger partial charge in [0, 0.05) is 6.54 Å². The molecular formula is C14H21NO2. The van der Waals surface area contributed by atoms with Gasteiger partial charge in [0.1, 0.15) is 5.75 Å². The standard InChI is InChI=1S/C14H21NO2/c1-15-7-10-16-9-6-12-4-5-14-13(11-12)3-2-8-17-14/h4-5,11,15H,2-3,6-10H2,1H3. The maximum atomic E-state index is 5.60. The van der Waals surface area contributed by atoms with Gasteiger partial charge in [-0.15, -0.1) is 0 Å². The molecule has 3 heteroatoms. The smallest absolute Gasteiger partial charge is 0.122 e. The summed E-state index contributed by atoms with van der Waals surface area (Å²) >= 11 is 0. The molecule has 17 heavy (non-hydrogen) atoms. The van der Waals surface area contributed by atoms with Crippen LogP contribution in [0.3, 0.4) is 0 Å². The molecule has 1 aliphatic rings. The van der Waals surface area contributed by atoms with E-state index in [4.69, 9.17) is 9.47 Å². The van der Waals surface area contributed by atoms with E-state index in [1.807, 2.05) is 7.05 Å². The number of ether oxygens (including phenoxy) is 2. The summed E-state index contributed by atoms with van der Waals surface area (Å²) in [5.41, 5.74) is 2.70. The number of aryl methyl sites for hydroxylation is 1. The van der Waals surface area contributed by atoms with Crippen molar-refractivity contribution in [2.75, 3.05) is 33.4 Å². The van der Waals surface area contributed by atoms with Crippen molar-refractivity contribution in [2.45, 2.75) is 19.3 Å². The van der Waals surface area contributed by atoms with Crippen molar-refractivity contribution in [1.29, 1.82) is 0 Å². The van der Waals surface area contributed by atoms with Crippen LogP contribution >= 0.6 is 0 Å². The fourth-order valence-electron chi connectivity index (χ4n) is 2.04. The Balaban J connectivity index is 1.81. The lowest BCUT2D eigenvalue weighted by atomic mass is 10.0. The van der Waals surface area contributed by atoms with Crippen molar-refractivity contribution in [1.82, 2.24) is 5.32 Å². The molecule has 0 saturated heterocycles. The maximum Gasteiger partial charge on any atom is 0.122 e. The summed E-state index contributed by atoms with van der Waals surface area (Å²) in [4.78, 5) is 0. The molecule has 0 amide bonds. The molecule has 94 valence electrons. The highest BCUT2D eigenvalue weighted by Crippen LogP contribution is 2.25. The van der Waals surface area contributed by atoms with Crippen molar-refractivity contribution in [2.24, 2.45) is 0 Å². The van der Waals surface area contributed by atoms with E-state index >= 15 is 0 Å². The second-order valence-electron chi connectivity index (χ2n) is 4.36. The van der Waals surface area contributed by atoms with E-state index in [0.717, 1.165) is 51.4 Å². The molecule has 0 saturated carbocycles. The van der Waals surface area contributed by atoms with Crippen LogP contribution in [0.15, 0.2) is 18.2 Å². The maximum absolute atomic E-state index is 5.60. The number of nitrogens with one attached hydrogen (secondary N) is 1. The molecule has 1 aromatic carbocycles. The first-order valence-electron chi connectivity index (χ1n) is 6.37. The van der Waals surface area contributed by atoms with E-state index in [1.54, 1.807) is 0 Å². The highest BCUT2D eigenvalue weighted by Gasteiger charge is 2.10. The van der Waals surface area contributed by atoms with Gasteiger partial charge in [0.2, 0.25) is 0 Å². The Labute approximate surface area is 103 Å². The van der Waals surface area contributed by atoms with Crippen LogP contribution in [0, 0.1) is 0 Å². The minimum atomic E-state index is 0.782. The van der Waals surface area contributed by atoms with Crippen LogP contribution in [0.2, 0.25) is 0 Å². The van der Waals surface area contributed by atoms with Gasteiger partial charge in [-0.25, -0.2) is 0 Å². The summed E-state index contributed by atoms with van der Waals surface area (Å²) in [5.74, 6) is 1.07. The van der Waals surface area contributed by atoms with E-state index in [2.05, 4.69) is 23.5 Å². The van der Waals surface area contributed by atoms with Gasteiger partial charge in [-0.05, 0) is 43.5 Å². The molecule has 2 rings (SSSR count). The largest absolute Gasteiger partial charge is 0.493 e. The van der Waals surface area contributed by atoms with Gasteiger partial charge >= 0.3 is 0 Å². The second kappa shape index (κ2) is 6.62. The van der Waals surface area contributed by atoms with Crippen LogP contribution in [0.4, 0.5) is 0 Å². The van der Waals surface area contributed by atoms with Crippen molar-refractivity contribution in [3.63, 3.8) is 0 Å². The van der Waals surface area contributed by atoms with Crippen molar-refractivity contribution >= 4 is 0 Å². The van der Waals surface area contributed by atoms with E-state index in [1.165, 1.54) is 11.1 Å². The molecular weight excluding hydrogens is 214 g/mol. The zero-order valence-corrected chi connectivity index (χ0v) is 10.5. The van der Waals surface area contributed by atoms with E-state index in [-0.39, 0.29) is 0 Å². The van der Waals surface area contributed by atoms with E-state index in [9.17, 15) is 0 Å². The monoisotopic (exact) mass is 235 g/mol. The average Bonchev–Trinajstić information content (AvgIpc) is 2.38. The van der Waals surface area contributed by atoms with Crippen LogP contribution in [0.1, 0.15) is 17.5 Å². The zero-order chi connectivity index (χ0) is 11.9. The molecule has 0 aromatic heterocycles. The Morgan fingerprint density at radius 1 is 1.35 bits per heavy atom. The van der Waals surface area contributed by atoms with Crippen molar-refractivity contribution < 1.29 is 9.47 Å². The first-order valence-corrected chi connectivity index (χ1v) is 6.37. The topological polar surface area (TPSA) is 30.5 Å². The van der Waals surface area contributed by atoms with Gasteiger partial charge in [-0.2, -0.15) is 0 Å². The molecule has 0 aliphatic carbocycles. The molecule has 0 fully saturated rings. The highest BCUT2D eigenvalue weighted by atomic mass is 16.5. The Bertz CT molecular complexity index is 352. The molecule has 0 unspecified atom stereocenters. The SMILES string of the molecule is CNCCOCCc1ccc2c(c1)CCCO2. The summed E-state index contributed by atoms with van der Waals surface area (Å²) in [6.45, 7) is 3.35. The molecule has 1 aliphatic heterocycles. The lowest BCUT2D eigenvalue weighted by Crippen LogP contribution is -2.15. The normalized spacial score (nSPS) is 14.2. The van der Waals surface area contributed by atoms with Gasteiger partial charge < -0.3 is 14.8 Å². The van der Waals surface area contributed by atoms with Crippen LogP contribution in [0.5, 0.6) is 5.75 Å². The summed E-state index contributed by atoms with van der Waals surface area (Å²) in [5, 5.41) is 3.07. The van der Waals surface area contributed by atoms with Crippen molar-refractivity contribution in [3.05, 3.63) is 29.3 Å². The van der Waals surface area contributed by atoms with Gasteiger partial charge in [0.05, 0.1) is 19.8 Å². The molecule has 0 atom stereocenters. The fraction of sp³-hybridized carbons (Fsp3) is 0.571. The third-order valence-corrected chi connectivity index (χ3v) is 3.00. The molecule has 1 aromatic rings. The van der Waals surface area contributed by atoms with Gasteiger partial charge in [0.15, 0.2) is 0 Å². The Kier molecular flexibility index (Phi) is 4.83. The fourth-order valence-corrected chi connectivity index (χ4v) is 2.04. The molecule has 1 N–H and O–H groups in total. The van der Waals surface area contributed by atoms with Gasteiger partial charge in [0.25, 0.3) is 0 Å². The summed E-state index contributed by atoms with van der Waals surface area (Å²) < 4.78 is 11.1. The van der Waals surface area contributed by atoms with Crippen molar-refractivity contribution in [3.8, 4) is 5.75 Å². The zero-order valence-electron chi connectivity index (χ0n) is 10.5. The number of benzene rings is 1. The average molecular weight is 235 g/mol. The quantitative estimate of drug-likeness (QED) is 0.763. The van der Waals surface area contributed by atoms with Gasteiger partial charge in [-0.1, -0.05) is 12.1 Å². The van der Waals surface area contributed by atoms with Gasteiger partial charge in [-0.3, -0.25) is 0 Å². The van der Waals surface area contributed by atoms with Crippen LogP contribution < -0.4 is 10.1 Å². The molecule has 0 spiro atoms. The first-order chi connectivity index (χ1) is 8.40. The third-order valence-electron chi connectivity index (χ3n) is 3.00.